The summed E-state index contributed by atoms with van der Waals surface area (Å²) >= 11 is 18.5. The summed E-state index contributed by atoms with van der Waals surface area (Å²) in [6, 6.07) is 19.7. The average molecular weight is 611 g/mol. The maximum absolute atomic E-state index is 14.0. The minimum atomic E-state index is -3.96. The van der Waals surface area contributed by atoms with Gasteiger partial charge in [-0.1, -0.05) is 84.2 Å². The molecule has 0 bridgehead atoms. The maximum atomic E-state index is 14.0. The van der Waals surface area contributed by atoms with Crippen molar-refractivity contribution in [3.63, 3.8) is 0 Å². The van der Waals surface area contributed by atoms with Crippen molar-refractivity contribution in [3.05, 3.63) is 99.0 Å². The molecule has 3 aromatic carbocycles. The zero-order valence-corrected chi connectivity index (χ0v) is 24.7. The monoisotopic (exact) mass is 609 g/mol. The first-order valence-corrected chi connectivity index (χ1v) is 15.3. The summed E-state index contributed by atoms with van der Waals surface area (Å²) in [6.45, 7) is 1.83. The molecule has 0 spiro atoms. The Labute approximate surface area is 244 Å². The van der Waals surface area contributed by atoms with Crippen LogP contribution in [0, 0.1) is 0 Å². The van der Waals surface area contributed by atoms with E-state index in [1.165, 1.54) is 23.1 Å². The van der Waals surface area contributed by atoms with Gasteiger partial charge in [0.05, 0.1) is 17.0 Å². The molecule has 1 atom stereocenters. The predicted molar refractivity (Wildman–Crippen MR) is 158 cm³/mol. The molecule has 2 amide bonds. The van der Waals surface area contributed by atoms with Crippen LogP contribution in [0.1, 0.15) is 24.5 Å². The van der Waals surface area contributed by atoms with Crippen LogP contribution in [0.3, 0.4) is 0 Å². The van der Waals surface area contributed by atoms with E-state index in [2.05, 4.69) is 5.32 Å². The van der Waals surface area contributed by atoms with Crippen LogP contribution in [0.15, 0.2) is 72.8 Å². The van der Waals surface area contributed by atoms with Crippen LogP contribution in [0.5, 0.6) is 0 Å². The fourth-order valence-electron chi connectivity index (χ4n) is 3.98. The summed E-state index contributed by atoms with van der Waals surface area (Å²) in [6.07, 6.45) is 1.92. The fourth-order valence-corrected chi connectivity index (χ4v) is 5.39. The minimum absolute atomic E-state index is 0.0495. The summed E-state index contributed by atoms with van der Waals surface area (Å²) in [5.41, 5.74) is 1.64. The van der Waals surface area contributed by atoms with E-state index in [9.17, 15) is 18.0 Å². The van der Waals surface area contributed by atoms with Gasteiger partial charge in [-0.15, -0.1) is 0 Å². The molecule has 7 nitrogen and oxygen atoms in total. The molecule has 0 saturated carbocycles. The summed E-state index contributed by atoms with van der Waals surface area (Å²) in [7, 11) is -3.96. The van der Waals surface area contributed by atoms with Gasteiger partial charge in [0.1, 0.15) is 12.6 Å². The highest BCUT2D eigenvalue weighted by atomic mass is 35.5. The van der Waals surface area contributed by atoms with Gasteiger partial charge in [0, 0.05) is 29.6 Å². The van der Waals surface area contributed by atoms with Gasteiger partial charge in [-0.2, -0.15) is 0 Å². The summed E-state index contributed by atoms with van der Waals surface area (Å²) in [4.78, 5) is 28.8. The number of hydrogen-bond acceptors (Lipinski definition) is 4. The third-order valence-electron chi connectivity index (χ3n) is 5.94. The van der Waals surface area contributed by atoms with Crippen LogP contribution in [0.25, 0.3) is 0 Å². The number of rotatable bonds is 12. The number of nitrogens with zero attached hydrogens (tertiary/aromatic N) is 2. The molecule has 0 saturated heterocycles. The van der Waals surface area contributed by atoms with Crippen molar-refractivity contribution in [2.75, 3.05) is 23.7 Å². The van der Waals surface area contributed by atoms with E-state index in [0.717, 1.165) is 21.7 Å². The second-order valence-corrected chi connectivity index (χ2v) is 12.2. The van der Waals surface area contributed by atoms with Gasteiger partial charge in [0.25, 0.3) is 0 Å². The Morgan fingerprint density at radius 1 is 0.897 bits per heavy atom. The SMILES string of the molecule is CCCNC(=O)[C@H](Cc1ccccc1)N(Cc1ccc(Cl)cc1)C(=O)CN(c1cc(Cl)ccc1Cl)S(C)(=O)=O. The molecule has 0 radical (unpaired) electrons. The summed E-state index contributed by atoms with van der Waals surface area (Å²) in [5.74, 6) is -0.922. The number of nitrogens with one attached hydrogen (secondary N) is 1. The van der Waals surface area contributed by atoms with Crippen LogP contribution in [-0.2, 0) is 32.6 Å². The molecule has 0 aliphatic heterocycles. The molecule has 0 aromatic heterocycles. The van der Waals surface area contributed by atoms with Crippen LogP contribution >= 0.6 is 34.8 Å². The zero-order valence-electron chi connectivity index (χ0n) is 21.6. The molecule has 208 valence electrons. The number of amides is 2. The Morgan fingerprint density at radius 2 is 1.54 bits per heavy atom. The number of carbonyl (C=O) groups excluding carboxylic acids is 2. The second kappa shape index (κ2) is 14.0. The van der Waals surface area contributed by atoms with Gasteiger partial charge in [-0.3, -0.25) is 13.9 Å². The third-order valence-corrected chi connectivity index (χ3v) is 7.88. The first kappa shape index (κ1) is 30.8. The topological polar surface area (TPSA) is 86.8 Å². The van der Waals surface area contributed by atoms with E-state index in [4.69, 9.17) is 34.8 Å². The second-order valence-electron chi connectivity index (χ2n) is 9.01. The Bertz CT molecular complexity index is 1390. The van der Waals surface area contributed by atoms with Gasteiger partial charge in [-0.05, 0) is 47.9 Å². The quantitative estimate of drug-likeness (QED) is 0.290. The van der Waals surface area contributed by atoms with Gasteiger partial charge < -0.3 is 10.2 Å². The molecule has 39 heavy (non-hydrogen) atoms. The van der Waals surface area contributed by atoms with Crippen LogP contribution in [0.2, 0.25) is 15.1 Å². The normalized spacial score (nSPS) is 12.0. The van der Waals surface area contributed by atoms with Crippen LogP contribution in [-0.4, -0.2) is 50.5 Å². The van der Waals surface area contributed by atoms with E-state index in [0.29, 0.717) is 18.0 Å². The van der Waals surface area contributed by atoms with Crippen molar-refractivity contribution in [3.8, 4) is 0 Å². The first-order valence-electron chi connectivity index (χ1n) is 12.3. The van der Waals surface area contributed by atoms with E-state index < -0.39 is 28.5 Å². The van der Waals surface area contributed by atoms with Gasteiger partial charge in [0.15, 0.2) is 0 Å². The van der Waals surface area contributed by atoms with Crippen molar-refractivity contribution in [1.29, 1.82) is 0 Å². The lowest BCUT2D eigenvalue weighted by Gasteiger charge is -2.33. The van der Waals surface area contributed by atoms with E-state index in [1.807, 2.05) is 37.3 Å². The number of carbonyl (C=O) groups is 2. The molecular weight excluding hydrogens is 581 g/mol. The molecule has 3 rings (SSSR count). The molecule has 1 N–H and O–H groups in total. The molecule has 0 unspecified atom stereocenters. The Hall–Kier alpha value is -2.78. The van der Waals surface area contributed by atoms with Gasteiger partial charge >= 0.3 is 0 Å². The molecule has 0 aliphatic rings. The average Bonchev–Trinajstić information content (AvgIpc) is 2.90. The molecule has 0 fully saturated rings. The molecule has 3 aromatic rings. The number of sulfonamides is 1. The number of benzene rings is 3. The third kappa shape index (κ3) is 8.86. The number of halogens is 3. The lowest BCUT2D eigenvalue weighted by Crippen LogP contribution is -2.53. The highest BCUT2D eigenvalue weighted by molar-refractivity contribution is 7.92. The molecule has 0 aliphatic carbocycles. The highest BCUT2D eigenvalue weighted by Crippen LogP contribution is 2.31. The highest BCUT2D eigenvalue weighted by Gasteiger charge is 2.33. The Kier molecular flexibility index (Phi) is 11.1. The van der Waals surface area contributed by atoms with Crippen LogP contribution < -0.4 is 9.62 Å². The minimum Gasteiger partial charge on any atom is -0.354 e. The van der Waals surface area contributed by atoms with Crippen molar-refractivity contribution >= 4 is 62.3 Å². The fraction of sp³-hybridized carbons (Fsp3) is 0.286. The number of hydrogen-bond donors (Lipinski definition) is 1. The van der Waals surface area contributed by atoms with E-state index in [1.54, 1.807) is 24.3 Å². The summed E-state index contributed by atoms with van der Waals surface area (Å²) in [5, 5.41) is 3.79. The van der Waals surface area contributed by atoms with E-state index >= 15 is 0 Å². The van der Waals surface area contributed by atoms with Crippen molar-refractivity contribution in [1.82, 2.24) is 10.2 Å². The lowest BCUT2D eigenvalue weighted by atomic mass is 10.0. The van der Waals surface area contributed by atoms with Crippen molar-refractivity contribution in [2.24, 2.45) is 0 Å². The van der Waals surface area contributed by atoms with Crippen molar-refractivity contribution in [2.45, 2.75) is 32.4 Å². The molecule has 0 heterocycles. The molecule has 11 heteroatoms. The van der Waals surface area contributed by atoms with Gasteiger partial charge in [-0.25, -0.2) is 8.42 Å². The van der Waals surface area contributed by atoms with Crippen molar-refractivity contribution < 1.29 is 18.0 Å². The standard InChI is InChI=1S/C28H30Cl3N3O4S/c1-3-15-32-28(36)26(16-20-7-5-4-6-8-20)33(18-21-9-11-22(29)12-10-21)27(35)19-34(39(2,37)38)25-17-23(30)13-14-24(25)31/h4-14,17,26H,3,15-16,18-19H2,1-2H3,(H,32,36)/t26-/m0/s1. The first-order chi connectivity index (χ1) is 18.5. The largest absolute Gasteiger partial charge is 0.354 e. The molecular formula is C28H30Cl3N3O4S. The zero-order chi connectivity index (χ0) is 28.6. The van der Waals surface area contributed by atoms with E-state index in [-0.39, 0.29) is 34.6 Å². The predicted octanol–water partition coefficient (Wildman–Crippen LogP) is 5.58. The van der Waals surface area contributed by atoms with Crippen LogP contribution in [0.4, 0.5) is 5.69 Å². The van der Waals surface area contributed by atoms with Gasteiger partial charge in [0.2, 0.25) is 21.8 Å². The Morgan fingerprint density at radius 3 is 2.15 bits per heavy atom. The smallest absolute Gasteiger partial charge is 0.244 e. The maximum Gasteiger partial charge on any atom is 0.244 e. The summed E-state index contributed by atoms with van der Waals surface area (Å²) < 4.78 is 26.6. The number of anilines is 1. The lowest BCUT2D eigenvalue weighted by molar-refractivity contribution is -0.140. The Balaban J connectivity index is 2.06.